The number of hydrogen-bond donors (Lipinski definition) is 1. The molecule has 2 rings (SSSR count). The molecule has 1 aromatic carbocycles. The third kappa shape index (κ3) is 2.34. The first kappa shape index (κ1) is 9.69. The molecule has 14 heavy (non-hydrogen) atoms. The Morgan fingerprint density at radius 2 is 1.79 bits per heavy atom. The Hall–Kier alpha value is -0.860. The SMILES string of the molecule is N[C@@H](CN1CCCC1)c1ccccc1. The van der Waals surface area contributed by atoms with Crippen molar-refractivity contribution in [1.82, 2.24) is 4.90 Å². The van der Waals surface area contributed by atoms with Crippen LogP contribution in [0.1, 0.15) is 24.4 Å². The van der Waals surface area contributed by atoms with Gasteiger partial charge in [0.15, 0.2) is 0 Å². The molecule has 0 radical (unpaired) electrons. The summed E-state index contributed by atoms with van der Waals surface area (Å²) in [5, 5.41) is 0. The van der Waals surface area contributed by atoms with Gasteiger partial charge in [-0.1, -0.05) is 30.3 Å². The summed E-state index contributed by atoms with van der Waals surface area (Å²) in [4.78, 5) is 2.46. The summed E-state index contributed by atoms with van der Waals surface area (Å²) in [5.74, 6) is 0. The Labute approximate surface area is 85.7 Å². The lowest BCUT2D eigenvalue weighted by molar-refractivity contribution is 0.316. The average Bonchev–Trinajstić information content (AvgIpc) is 2.72. The van der Waals surface area contributed by atoms with Crippen LogP contribution in [0.3, 0.4) is 0 Å². The lowest BCUT2D eigenvalue weighted by Crippen LogP contribution is -2.29. The lowest BCUT2D eigenvalue weighted by atomic mass is 10.1. The third-order valence-corrected chi connectivity index (χ3v) is 2.88. The summed E-state index contributed by atoms with van der Waals surface area (Å²) >= 11 is 0. The normalized spacial score (nSPS) is 19.8. The maximum absolute atomic E-state index is 6.13. The fraction of sp³-hybridized carbons (Fsp3) is 0.500. The first-order valence-electron chi connectivity index (χ1n) is 5.39. The lowest BCUT2D eigenvalue weighted by Gasteiger charge is -2.20. The number of likely N-dealkylation sites (tertiary alicyclic amines) is 1. The molecule has 1 atom stereocenters. The molecule has 1 aromatic rings. The Kier molecular flexibility index (Phi) is 3.17. The van der Waals surface area contributed by atoms with E-state index in [-0.39, 0.29) is 6.04 Å². The molecule has 2 nitrogen and oxygen atoms in total. The average molecular weight is 190 g/mol. The molecule has 76 valence electrons. The van der Waals surface area contributed by atoms with Crippen LogP contribution in [0, 0.1) is 0 Å². The molecular weight excluding hydrogens is 172 g/mol. The second-order valence-corrected chi connectivity index (χ2v) is 4.02. The highest BCUT2D eigenvalue weighted by Gasteiger charge is 2.15. The van der Waals surface area contributed by atoms with Crippen molar-refractivity contribution in [3.63, 3.8) is 0 Å². The molecule has 0 spiro atoms. The Morgan fingerprint density at radius 3 is 2.43 bits per heavy atom. The zero-order valence-electron chi connectivity index (χ0n) is 8.52. The Bertz CT molecular complexity index is 265. The van der Waals surface area contributed by atoms with Gasteiger partial charge in [0.1, 0.15) is 0 Å². The highest BCUT2D eigenvalue weighted by molar-refractivity contribution is 5.18. The van der Waals surface area contributed by atoms with Crippen LogP contribution in [-0.2, 0) is 0 Å². The van der Waals surface area contributed by atoms with Crippen molar-refractivity contribution in [2.24, 2.45) is 5.73 Å². The topological polar surface area (TPSA) is 29.3 Å². The van der Waals surface area contributed by atoms with Crippen molar-refractivity contribution in [2.45, 2.75) is 18.9 Å². The molecule has 1 fully saturated rings. The maximum atomic E-state index is 6.13. The van der Waals surface area contributed by atoms with Gasteiger partial charge in [0.25, 0.3) is 0 Å². The smallest absolute Gasteiger partial charge is 0.0424 e. The van der Waals surface area contributed by atoms with Gasteiger partial charge in [-0.3, -0.25) is 0 Å². The first-order chi connectivity index (χ1) is 6.86. The molecule has 2 N–H and O–H groups in total. The quantitative estimate of drug-likeness (QED) is 0.787. The van der Waals surface area contributed by atoms with Crippen LogP contribution in [0.15, 0.2) is 30.3 Å². The van der Waals surface area contributed by atoms with Crippen LogP contribution in [0.5, 0.6) is 0 Å². The Balaban J connectivity index is 1.92. The van der Waals surface area contributed by atoms with Crippen molar-refractivity contribution < 1.29 is 0 Å². The van der Waals surface area contributed by atoms with E-state index in [1.54, 1.807) is 0 Å². The van der Waals surface area contributed by atoms with E-state index in [4.69, 9.17) is 5.73 Å². The van der Waals surface area contributed by atoms with Crippen molar-refractivity contribution in [2.75, 3.05) is 19.6 Å². The molecule has 1 saturated heterocycles. The zero-order chi connectivity index (χ0) is 9.80. The third-order valence-electron chi connectivity index (χ3n) is 2.88. The first-order valence-corrected chi connectivity index (χ1v) is 5.39. The van der Waals surface area contributed by atoms with E-state index < -0.39 is 0 Å². The molecular formula is C12H18N2. The monoisotopic (exact) mass is 190 g/mol. The summed E-state index contributed by atoms with van der Waals surface area (Å²) in [7, 11) is 0. The van der Waals surface area contributed by atoms with Gasteiger partial charge in [-0.15, -0.1) is 0 Å². The van der Waals surface area contributed by atoms with E-state index >= 15 is 0 Å². The molecule has 1 aliphatic rings. The van der Waals surface area contributed by atoms with Gasteiger partial charge in [-0.2, -0.15) is 0 Å². The molecule has 0 aliphatic carbocycles. The van der Waals surface area contributed by atoms with Gasteiger partial charge < -0.3 is 10.6 Å². The number of nitrogens with two attached hydrogens (primary N) is 1. The summed E-state index contributed by atoms with van der Waals surface area (Å²) in [5.41, 5.74) is 7.38. The molecule has 0 saturated carbocycles. The van der Waals surface area contributed by atoms with Crippen molar-refractivity contribution in [3.8, 4) is 0 Å². The molecule has 0 unspecified atom stereocenters. The minimum absolute atomic E-state index is 0.175. The number of hydrogen-bond acceptors (Lipinski definition) is 2. The van der Waals surface area contributed by atoms with Crippen LogP contribution in [0.2, 0.25) is 0 Å². The number of rotatable bonds is 3. The molecule has 1 heterocycles. The molecule has 0 aromatic heterocycles. The van der Waals surface area contributed by atoms with Crippen LogP contribution < -0.4 is 5.73 Å². The summed E-state index contributed by atoms with van der Waals surface area (Å²) in [6, 6.07) is 10.5. The fourth-order valence-electron chi connectivity index (χ4n) is 2.05. The standard InChI is InChI=1S/C12H18N2/c13-12(10-14-8-4-5-9-14)11-6-2-1-3-7-11/h1-3,6-7,12H,4-5,8-10,13H2/t12-/m0/s1. The van der Waals surface area contributed by atoms with Crippen LogP contribution >= 0.6 is 0 Å². The van der Waals surface area contributed by atoms with Crippen LogP contribution in [-0.4, -0.2) is 24.5 Å². The zero-order valence-corrected chi connectivity index (χ0v) is 8.52. The predicted molar refractivity (Wildman–Crippen MR) is 59.0 cm³/mol. The minimum atomic E-state index is 0.175. The number of nitrogens with zero attached hydrogens (tertiary/aromatic N) is 1. The summed E-state index contributed by atoms with van der Waals surface area (Å²) in [6.07, 6.45) is 2.67. The van der Waals surface area contributed by atoms with Gasteiger partial charge >= 0.3 is 0 Å². The molecule has 0 amide bonds. The fourth-order valence-corrected chi connectivity index (χ4v) is 2.05. The maximum Gasteiger partial charge on any atom is 0.0424 e. The second-order valence-electron chi connectivity index (χ2n) is 4.02. The van der Waals surface area contributed by atoms with Crippen molar-refractivity contribution in [1.29, 1.82) is 0 Å². The van der Waals surface area contributed by atoms with Crippen molar-refractivity contribution >= 4 is 0 Å². The van der Waals surface area contributed by atoms with Gasteiger partial charge in [-0.25, -0.2) is 0 Å². The molecule has 1 aliphatic heterocycles. The van der Waals surface area contributed by atoms with E-state index in [1.807, 2.05) is 6.07 Å². The summed E-state index contributed by atoms with van der Waals surface area (Å²) < 4.78 is 0. The highest BCUT2D eigenvalue weighted by atomic mass is 15.1. The molecule has 2 heteroatoms. The number of benzene rings is 1. The van der Waals surface area contributed by atoms with Crippen molar-refractivity contribution in [3.05, 3.63) is 35.9 Å². The van der Waals surface area contributed by atoms with Gasteiger partial charge in [-0.05, 0) is 31.5 Å². The Morgan fingerprint density at radius 1 is 1.14 bits per heavy atom. The predicted octanol–water partition coefficient (Wildman–Crippen LogP) is 1.78. The van der Waals surface area contributed by atoms with E-state index in [2.05, 4.69) is 29.2 Å². The van der Waals surface area contributed by atoms with E-state index in [0.29, 0.717) is 0 Å². The largest absolute Gasteiger partial charge is 0.323 e. The minimum Gasteiger partial charge on any atom is -0.323 e. The van der Waals surface area contributed by atoms with Gasteiger partial charge in [0, 0.05) is 12.6 Å². The van der Waals surface area contributed by atoms with E-state index in [0.717, 1.165) is 6.54 Å². The molecule has 0 bridgehead atoms. The van der Waals surface area contributed by atoms with Crippen LogP contribution in [0.4, 0.5) is 0 Å². The van der Waals surface area contributed by atoms with Gasteiger partial charge in [0.05, 0.1) is 0 Å². The highest BCUT2D eigenvalue weighted by Crippen LogP contribution is 2.14. The van der Waals surface area contributed by atoms with Gasteiger partial charge in [0.2, 0.25) is 0 Å². The van der Waals surface area contributed by atoms with E-state index in [1.165, 1.54) is 31.5 Å². The summed E-state index contributed by atoms with van der Waals surface area (Å²) in [6.45, 7) is 3.45. The van der Waals surface area contributed by atoms with Crippen LogP contribution in [0.25, 0.3) is 0 Å². The second kappa shape index (κ2) is 4.58. The van der Waals surface area contributed by atoms with E-state index in [9.17, 15) is 0 Å².